The minimum Gasteiger partial charge on any atom is -0.448 e. The van der Waals surface area contributed by atoms with Gasteiger partial charge in [0.1, 0.15) is 16.9 Å². The second-order valence-corrected chi connectivity index (χ2v) is 12.0. The van der Waals surface area contributed by atoms with Gasteiger partial charge in [0.2, 0.25) is 5.58 Å². The van der Waals surface area contributed by atoms with Crippen molar-refractivity contribution in [2.24, 2.45) is 11.7 Å². The Morgan fingerprint density at radius 1 is 1.12 bits per heavy atom. The summed E-state index contributed by atoms with van der Waals surface area (Å²) in [5.74, 6) is 0.327. The topological polar surface area (TPSA) is 94.4 Å². The fourth-order valence-corrected chi connectivity index (χ4v) is 6.15. The van der Waals surface area contributed by atoms with Crippen LogP contribution < -0.4 is 11.3 Å². The highest BCUT2D eigenvalue weighted by Crippen LogP contribution is 2.34. The highest BCUT2D eigenvalue weighted by atomic mass is 35.5. The molecule has 0 radical (unpaired) electrons. The van der Waals surface area contributed by atoms with Gasteiger partial charge in [-0.3, -0.25) is 14.2 Å². The third-order valence-electron chi connectivity index (χ3n) is 7.06. The molecule has 0 aliphatic carbocycles. The first kappa shape index (κ1) is 28.1. The number of rotatable bonds is 9. The lowest BCUT2D eigenvalue weighted by Gasteiger charge is -2.35. The lowest BCUT2D eigenvalue weighted by molar-refractivity contribution is 0.0603. The van der Waals surface area contributed by atoms with Gasteiger partial charge in [-0.2, -0.15) is 0 Å². The van der Waals surface area contributed by atoms with Gasteiger partial charge in [0.15, 0.2) is 0 Å². The van der Waals surface area contributed by atoms with Crippen molar-refractivity contribution in [3.63, 3.8) is 0 Å². The van der Waals surface area contributed by atoms with Gasteiger partial charge in [0.25, 0.3) is 11.5 Å². The highest BCUT2D eigenvalue weighted by Gasteiger charge is 2.33. The Kier molecular flexibility index (Phi) is 8.12. The quantitative estimate of drug-likeness (QED) is 0.210. The minimum atomic E-state index is -0.498. The van der Waals surface area contributed by atoms with Gasteiger partial charge in [-0.25, -0.2) is 4.98 Å². The van der Waals surface area contributed by atoms with E-state index in [9.17, 15) is 9.59 Å². The molecule has 0 aliphatic rings. The van der Waals surface area contributed by atoms with Crippen LogP contribution in [0.5, 0.6) is 0 Å². The van der Waals surface area contributed by atoms with Crippen LogP contribution in [0.3, 0.4) is 0 Å². The van der Waals surface area contributed by atoms with Crippen molar-refractivity contribution in [3.8, 4) is 0 Å². The third kappa shape index (κ3) is 5.44. The van der Waals surface area contributed by atoms with Crippen LogP contribution in [0.15, 0.2) is 63.1 Å². The van der Waals surface area contributed by atoms with Gasteiger partial charge < -0.3 is 15.1 Å². The number of carbonyl (C=O) groups excluding carboxylic acids is 1. The average molecular weight is 577 g/mol. The Morgan fingerprint density at radius 3 is 2.52 bits per heavy atom. The summed E-state index contributed by atoms with van der Waals surface area (Å²) in [5.41, 5.74) is 9.57. The summed E-state index contributed by atoms with van der Waals surface area (Å²) in [5, 5.41) is 3.25. The number of fused-ring (bicyclic) bond motifs is 3. The molecule has 208 valence electrons. The van der Waals surface area contributed by atoms with E-state index in [2.05, 4.69) is 11.4 Å². The zero-order chi connectivity index (χ0) is 28.6. The number of aryl methyl sites for hydroxylation is 2. The maximum Gasteiger partial charge on any atom is 0.297 e. The zero-order valence-electron chi connectivity index (χ0n) is 23.1. The average Bonchev–Trinajstić information content (AvgIpc) is 3.50. The van der Waals surface area contributed by atoms with Crippen LogP contribution in [0.25, 0.3) is 22.1 Å². The Hall–Kier alpha value is -3.46. The molecular formula is C31H33ClN4O3S. The molecule has 0 spiro atoms. The number of aromatic nitrogens is 2. The van der Waals surface area contributed by atoms with Crippen LogP contribution in [-0.4, -0.2) is 33.4 Å². The molecule has 2 aromatic carbocycles. The lowest BCUT2D eigenvalue weighted by Crippen LogP contribution is -2.42. The molecule has 3 heterocycles. The number of furan rings is 1. The van der Waals surface area contributed by atoms with Crippen LogP contribution in [0.2, 0.25) is 5.02 Å². The Bertz CT molecular complexity index is 1740. The lowest BCUT2D eigenvalue weighted by atomic mass is 9.99. The smallest absolute Gasteiger partial charge is 0.297 e. The summed E-state index contributed by atoms with van der Waals surface area (Å²) in [6.45, 7) is 9.28. The van der Waals surface area contributed by atoms with Gasteiger partial charge >= 0.3 is 0 Å². The number of hydrogen-bond donors (Lipinski definition) is 1. The predicted molar refractivity (Wildman–Crippen MR) is 162 cm³/mol. The minimum absolute atomic E-state index is 0.0606. The van der Waals surface area contributed by atoms with Gasteiger partial charge in [-0.15, -0.1) is 11.3 Å². The number of nitrogens with two attached hydrogens (primary N) is 1. The van der Waals surface area contributed by atoms with Crippen molar-refractivity contribution in [2.45, 2.75) is 46.7 Å². The van der Waals surface area contributed by atoms with Gasteiger partial charge in [0.05, 0.1) is 12.6 Å². The number of amides is 1. The first-order valence-corrected chi connectivity index (χ1v) is 14.7. The van der Waals surface area contributed by atoms with Crippen molar-refractivity contribution in [3.05, 3.63) is 96.7 Å². The summed E-state index contributed by atoms with van der Waals surface area (Å²) >= 11 is 7.91. The summed E-state index contributed by atoms with van der Waals surface area (Å²) in [6, 6.07) is 14.4. The molecule has 40 heavy (non-hydrogen) atoms. The molecule has 0 saturated heterocycles. The van der Waals surface area contributed by atoms with E-state index in [1.807, 2.05) is 56.9 Å². The molecule has 9 heteroatoms. The van der Waals surface area contributed by atoms with Crippen LogP contribution in [-0.2, 0) is 6.54 Å². The van der Waals surface area contributed by atoms with E-state index < -0.39 is 6.04 Å². The molecule has 1 amide bonds. The molecule has 1 unspecified atom stereocenters. The molecule has 5 aromatic rings. The molecule has 2 N–H and O–H groups in total. The summed E-state index contributed by atoms with van der Waals surface area (Å²) in [4.78, 5) is 36.1. The van der Waals surface area contributed by atoms with Crippen molar-refractivity contribution in [1.82, 2.24) is 14.5 Å². The van der Waals surface area contributed by atoms with Crippen molar-refractivity contribution >= 4 is 50.9 Å². The fraction of sp³-hybridized carbons (Fsp3) is 0.323. The molecule has 7 nitrogen and oxygen atoms in total. The number of thiophene rings is 1. The van der Waals surface area contributed by atoms with E-state index in [0.717, 1.165) is 16.0 Å². The highest BCUT2D eigenvalue weighted by molar-refractivity contribution is 7.10. The maximum atomic E-state index is 14.1. The Morgan fingerprint density at radius 2 is 1.88 bits per heavy atom. The zero-order valence-corrected chi connectivity index (χ0v) is 24.7. The fourth-order valence-electron chi connectivity index (χ4n) is 5.11. The normalized spacial score (nSPS) is 12.5. The summed E-state index contributed by atoms with van der Waals surface area (Å²) in [7, 11) is 0. The van der Waals surface area contributed by atoms with Gasteiger partial charge in [0, 0.05) is 27.4 Å². The molecule has 3 aromatic heterocycles. The van der Waals surface area contributed by atoms with Crippen LogP contribution in [0, 0.1) is 19.8 Å². The van der Waals surface area contributed by atoms with Gasteiger partial charge in [-0.05, 0) is 80.1 Å². The molecular weight excluding hydrogens is 544 g/mol. The third-order valence-corrected chi connectivity index (χ3v) is 8.33. The molecule has 0 fully saturated rings. The summed E-state index contributed by atoms with van der Waals surface area (Å²) in [6.07, 6.45) is 0.613. The number of halogens is 1. The van der Waals surface area contributed by atoms with Gasteiger partial charge in [-0.1, -0.05) is 43.1 Å². The Labute approximate surface area is 242 Å². The molecule has 0 bridgehead atoms. The molecule has 1 atom stereocenters. The van der Waals surface area contributed by atoms with Crippen molar-refractivity contribution in [2.75, 3.05) is 13.1 Å². The number of benzene rings is 2. The van der Waals surface area contributed by atoms with E-state index in [1.165, 1.54) is 0 Å². The molecule has 0 saturated carbocycles. The standard InChI is InChI=1S/C31H33ClN4O3S/c1-18(2)27(35(13-5-12-33)30(37)21-8-6-19(3)7-9-21)29-34-26-24-15-22(32)10-11-25(24)39-28(26)31(38)36(29)16-23-14-20(4)17-40-23/h6-11,14-15,17-18,27H,5,12-13,16,33H2,1-4H3. The largest absolute Gasteiger partial charge is 0.448 e. The first-order chi connectivity index (χ1) is 19.2. The molecule has 5 rings (SSSR count). The van der Waals surface area contributed by atoms with E-state index in [0.29, 0.717) is 59.0 Å². The number of hydrogen-bond acceptors (Lipinski definition) is 6. The predicted octanol–water partition coefficient (Wildman–Crippen LogP) is 6.71. The van der Waals surface area contributed by atoms with Crippen molar-refractivity contribution < 1.29 is 9.21 Å². The number of nitrogens with zero attached hydrogens (tertiary/aromatic N) is 3. The summed E-state index contributed by atoms with van der Waals surface area (Å²) < 4.78 is 7.69. The molecule has 0 aliphatic heterocycles. The van der Waals surface area contributed by atoms with Crippen LogP contribution in [0.1, 0.15) is 58.5 Å². The Balaban J connectivity index is 1.76. The number of carbonyl (C=O) groups is 1. The maximum absolute atomic E-state index is 14.1. The van der Waals surface area contributed by atoms with E-state index in [-0.39, 0.29) is 23.0 Å². The monoisotopic (exact) mass is 576 g/mol. The van der Waals surface area contributed by atoms with Crippen molar-refractivity contribution in [1.29, 1.82) is 0 Å². The van der Waals surface area contributed by atoms with E-state index in [4.69, 9.17) is 26.7 Å². The van der Waals surface area contributed by atoms with Crippen LogP contribution >= 0.6 is 22.9 Å². The first-order valence-electron chi connectivity index (χ1n) is 13.4. The SMILES string of the molecule is Cc1ccc(C(=O)N(CCCN)C(c2nc3c(oc4ccc(Cl)cc43)c(=O)n2Cc2cc(C)cs2)C(C)C)cc1. The van der Waals surface area contributed by atoms with E-state index >= 15 is 0 Å². The van der Waals surface area contributed by atoms with E-state index in [1.54, 1.807) is 34.1 Å². The second-order valence-electron chi connectivity index (χ2n) is 10.6. The second kappa shape index (κ2) is 11.6. The van der Waals surface area contributed by atoms with Crippen LogP contribution in [0.4, 0.5) is 0 Å².